The van der Waals surface area contributed by atoms with Gasteiger partial charge in [-0.2, -0.15) is 0 Å². The van der Waals surface area contributed by atoms with Gasteiger partial charge in [0.15, 0.2) is 0 Å². The third-order valence-electron chi connectivity index (χ3n) is 7.74. The fourth-order valence-corrected chi connectivity index (χ4v) is 6.36. The number of piperazine rings is 1. The van der Waals surface area contributed by atoms with Gasteiger partial charge in [-0.15, -0.1) is 11.3 Å². The third kappa shape index (κ3) is 4.09. The molecule has 6 heteroatoms. The van der Waals surface area contributed by atoms with Crippen molar-refractivity contribution in [1.82, 2.24) is 14.7 Å². The molecule has 1 spiro atoms. The van der Waals surface area contributed by atoms with Crippen LogP contribution in [0.3, 0.4) is 0 Å². The lowest BCUT2D eigenvalue weighted by atomic mass is 9.89. The quantitative estimate of drug-likeness (QED) is 0.738. The number of thiophene rings is 1. The fraction of sp³-hybridized carbons (Fsp3) is 0.667. The average molecular weight is 428 g/mol. The highest BCUT2D eigenvalue weighted by molar-refractivity contribution is 7.09. The summed E-state index contributed by atoms with van der Waals surface area (Å²) in [7, 11) is 0. The summed E-state index contributed by atoms with van der Waals surface area (Å²) >= 11 is 1.81. The lowest BCUT2D eigenvalue weighted by Gasteiger charge is -2.36. The first-order valence-electron chi connectivity index (χ1n) is 11.7. The van der Waals surface area contributed by atoms with Gasteiger partial charge in [0.1, 0.15) is 0 Å². The highest BCUT2D eigenvalue weighted by atomic mass is 32.1. The number of allylic oxidation sites excluding steroid dienone is 1. The minimum atomic E-state index is 0.183. The van der Waals surface area contributed by atoms with Gasteiger partial charge >= 0.3 is 0 Å². The molecule has 5 rings (SSSR count). The lowest BCUT2D eigenvalue weighted by Crippen LogP contribution is -2.49. The number of rotatable bonds is 4. The largest absolute Gasteiger partial charge is 0.340 e. The molecule has 0 bridgehead atoms. The summed E-state index contributed by atoms with van der Waals surface area (Å²) < 4.78 is 0. The molecule has 2 amide bonds. The zero-order valence-electron chi connectivity index (χ0n) is 17.9. The first-order chi connectivity index (χ1) is 14.6. The molecule has 4 aliphatic rings. The van der Waals surface area contributed by atoms with Crippen LogP contribution in [0.1, 0.15) is 49.8 Å². The van der Waals surface area contributed by atoms with Crippen molar-refractivity contribution in [2.75, 3.05) is 39.3 Å². The van der Waals surface area contributed by atoms with Crippen LogP contribution in [0.2, 0.25) is 0 Å². The zero-order chi connectivity index (χ0) is 20.6. The van der Waals surface area contributed by atoms with Crippen LogP contribution < -0.4 is 0 Å². The van der Waals surface area contributed by atoms with E-state index < -0.39 is 0 Å². The highest BCUT2D eigenvalue weighted by Crippen LogP contribution is 2.60. The third-order valence-corrected chi connectivity index (χ3v) is 8.60. The minimum Gasteiger partial charge on any atom is -0.340 e. The Morgan fingerprint density at radius 1 is 1.03 bits per heavy atom. The number of amides is 2. The summed E-state index contributed by atoms with van der Waals surface area (Å²) in [5.74, 6) is 0.836. The molecule has 1 aromatic rings. The van der Waals surface area contributed by atoms with Gasteiger partial charge in [0.05, 0.1) is 0 Å². The van der Waals surface area contributed by atoms with Crippen molar-refractivity contribution in [3.05, 3.63) is 34.0 Å². The van der Waals surface area contributed by atoms with Gasteiger partial charge in [0, 0.05) is 62.2 Å². The molecule has 2 aliphatic heterocycles. The number of carbonyl (C=O) groups is 2. The predicted octanol–water partition coefficient (Wildman–Crippen LogP) is 3.52. The summed E-state index contributed by atoms with van der Waals surface area (Å²) in [6.45, 7) is 6.32. The molecular formula is C24H33N3O2S. The van der Waals surface area contributed by atoms with Crippen LogP contribution >= 0.6 is 11.3 Å². The molecule has 2 saturated heterocycles. The van der Waals surface area contributed by atoms with E-state index in [2.05, 4.69) is 33.4 Å². The van der Waals surface area contributed by atoms with Crippen LogP contribution in [0.15, 0.2) is 29.2 Å². The van der Waals surface area contributed by atoms with Gasteiger partial charge in [0.25, 0.3) is 0 Å². The van der Waals surface area contributed by atoms with Gasteiger partial charge in [-0.05, 0) is 61.8 Å². The van der Waals surface area contributed by atoms with Crippen LogP contribution in [0.4, 0.5) is 0 Å². The Morgan fingerprint density at radius 3 is 2.50 bits per heavy atom. The first kappa shape index (κ1) is 20.3. The Hall–Kier alpha value is -1.66. The number of carbonyl (C=O) groups excluding carboxylic acids is 2. The Bertz CT molecular complexity index is 802. The van der Waals surface area contributed by atoms with Gasteiger partial charge in [0.2, 0.25) is 11.8 Å². The van der Waals surface area contributed by atoms with Crippen LogP contribution in [-0.4, -0.2) is 65.8 Å². The van der Waals surface area contributed by atoms with Crippen LogP contribution in [0.25, 0.3) is 0 Å². The minimum absolute atomic E-state index is 0.183. The van der Waals surface area contributed by atoms with E-state index in [0.717, 1.165) is 89.9 Å². The molecule has 162 valence electrons. The number of nitrogens with zero attached hydrogens (tertiary/aromatic N) is 3. The van der Waals surface area contributed by atoms with E-state index in [0.29, 0.717) is 5.91 Å². The molecule has 3 fully saturated rings. The Kier molecular flexibility index (Phi) is 5.71. The number of likely N-dealkylation sites (tertiary alicyclic amines) is 1. The monoisotopic (exact) mass is 427 g/mol. The Balaban J connectivity index is 1.09. The maximum atomic E-state index is 13.1. The van der Waals surface area contributed by atoms with Crippen molar-refractivity contribution in [3.63, 3.8) is 0 Å². The average Bonchev–Trinajstić information content (AvgIpc) is 3.23. The van der Waals surface area contributed by atoms with E-state index in [4.69, 9.17) is 0 Å². The second kappa shape index (κ2) is 8.46. The Labute approximate surface area is 183 Å². The smallest absolute Gasteiger partial charge is 0.249 e. The van der Waals surface area contributed by atoms with Gasteiger partial charge in [-0.3, -0.25) is 14.5 Å². The van der Waals surface area contributed by atoms with Crippen molar-refractivity contribution in [3.8, 4) is 0 Å². The molecule has 0 aromatic carbocycles. The van der Waals surface area contributed by atoms with E-state index in [-0.39, 0.29) is 17.2 Å². The molecule has 1 aromatic heterocycles. The van der Waals surface area contributed by atoms with Crippen LogP contribution in [-0.2, 0) is 16.1 Å². The molecule has 1 saturated carbocycles. The normalized spacial score (nSPS) is 26.5. The summed E-state index contributed by atoms with van der Waals surface area (Å²) in [5.41, 5.74) is 1.21. The molecule has 30 heavy (non-hydrogen) atoms. The molecule has 2 aliphatic carbocycles. The first-order valence-corrected chi connectivity index (χ1v) is 12.5. The number of hydrogen-bond acceptors (Lipinski definition) is 4. The second-order valence-corrected chi connectivity index (χ2v) is 10.6. The molecule has 1 atom stereocenters. The van der Waals surface area contributed by atoms with Crippen LogP contribution in [0.5, 0.6) is 0 Å². The lowest BCUT2D eigenvalue weighted by molar-refractivity contribution is -0.135. The summed E-state index contributed by atoms with van der Waals surface area (Å²) in [6.07, 6.45) is 9.54. The molecular weight excluding hydrogens is 394 g/mol. The van der Waals surface area contributed by atoms with Crippen molar-refractivity contribution < 1.29 is 9.59 Å². The molecule has 1 unspecified atom stereocenters. The predicted molar refractivity (Wildman–Crippen MR) is 119 cm³/mol. The number of hydrogen-bond donors (Lipinski definition) is 0. The molecule has 3 heterocycles. The summed E-state index contributed by atoms with van der Waals surface area (Å²) in [5, 5.41) is 2.13. The topological polar surface area (TPSA) is 43.9 Å². The van der Waals surface area contributed by atoms with Gasteiger partial charge in [-0.25, -0.2) is 0 Å². The maximum absolute atomic E-state index is 13.1. The van der Waals surface area contributed by atoms with Crippen molar-refractivity contribution in [2.24, 2.45) is 11.3 Å². The summed E-state index contributed by atoms with van der Waals surface area (Å²) in [6, 6.07) is 4.30. The van der Waals surface area contributed by atoms with Crippen molar-refractivity contribution in [1.29, 1.82) is 0 Å². The van der Waals surface area contributed by atoms with E-state index in [9.17, 15) is 9.59 Å². The SMILES string of the molecule is O=C(C1=CCCCC1)N1CCC2(CC1)CC2C(=O)N1CCN(Cc2cccs2)CC1. The van der Waals surface area contributed by atoms with Crippen molar-refractivity contribution in [2.45, 2.75) is 51.5 Å². The maximum Gasteiger partial charge on any atom is 0.249 e. The highest BCUT2D eigenvalue weighted by Gasteiger charge is 2.59. The van der Waals surface area contributed by atoms with Gasteiger partial charge in [-0.1, -0.05) is 12.1 Å². The van der Waals surface area contributed by atoms with E-state index in [1.807, 2.05) is 16.2 Å². The van der Waals surface area contributed by atoms with Gasteiger partial charge < -0.3 is 9.80 Å². The zero-order valence-corrected chi connectivity index (χ0v) is 18.7. The van der Waals surface area contributed by atoms with Crippen LogP contribution in [0, 0.1) is 11.3 Å². The van der Waals surface area contributed by atoms with E-state index in [1.54, 1.807) is 0 Å². The Morgan fingerprint density at radius 2 is 1.83 bits per heavy atom. The molecule has 5 nitrogen and oxygen atoms in total. The summed E-state index contributed by atoms with van der Waals surface area (Å²) in [4.78, 5) is 33.9. The fourth-order valence-electron chi connectivity index (χ4n) is 5.61. The van der Waals surface area contributed by atoms with Crippen molar-refractivity contribution >= 4 is 23.2 Å². The van der Waals surface area contributed by atoms with E-state index >= 15 is 0 Å². The van der Waals surface area contributed by atoms with E-state index in [1.165, 1.54) is 11.3 Å². The molecule has 0 N–H and O–H groups in total. The standard InChI is InChI=1S/C24H33N3O2S/c28-22(19-5-2-1-3-6-19)26-10-8-24(9-11-26)17-21(24)23(29)27-14-12-25(13-15-27)18-20-7-4-16-30-20/h4-5,7,16,21H,1-3,6,8-15,17-18H2. The molecule has 0 radical (unpaired) electrons. The second-order valence-electron chi connectivity index (χ2n) is 9.57. The number of piperidine rings is 1.